The van der Waals surface area contributed by atoms with Gasteiger partial charge in [-0.3, -0.25) is 24.0 Å². The zero-order valence-electron chi connectivity index (χ0n) is 44.7. The van der Waals surface area contributed by atoms with Gasteiger partial charge in [0, 0.05) is 44.1 Å². The Labute approximate surface area is 444 Å². The van der Waals surface area contributed by atoms with Gasteiger partial charge >= 0.3 is 29.8 Å². The minimum atomic E-state index is -2.39. The summed E-state index contributed by atoms with van der Waals surface area (Å²) < 4.78 is 30.3. The fraction of sp³-hybridized carbons (Fsp3) is 0.542. The molecule has 7 rings (SSSR count). The van der Waals surface area contributed by atoms with Crippen LogP contribution in [-0.4, -0.2) is 116 Å². The summed E-state index contributed by atoms with van der Waals surface area (Å²) in [5, 5.41) is 48.6. The standard InChI is InChI=1S/C47H51NO14.C12H24O2/c1-25-31(60-43(56)36(52)35(28-16-10-7-11-17-28)48-41(54)29-18-12-8-13-19-29)23-47(57)40(61-42(55)30-20-14-9-15-21-30)38-45(6,32(51)22-33-46(38,24-58-33)62-27(3)50)39(53)37(59-26(2)49)34(25)44(47,4)5;1-2-3-4-5-6-7-8-9-10-11-12(13)14/h7-21,31-33,35-38,40,51-52,57H,22-24H2,1-6H3,(H,48,54);2-11H2,1H3,(H,13,14)/t31-,32-,33+,35-,36+,37+,38-,40-,45+,46-,47+;/m0./s1. The van der Waals surface area contributed by atoms with Gasteiger partial charge in [0.25, 0.3) is 5.91 Å². The molecule has 1 saturated heterocycles. The van der Waals surface area contributed by atoms with Crippen molar-refractivity contribution in [3.63, 3.8) is 0 Å². The van der Waals surface area contributed by atoms with Gasteiger partial charge in [-0.25, -0.2) is 9.59 Å². The first-order valence-electron chi connectivity index (χ1n) is 26.5. The number of Topliss-reactive ketones (excluding diaryl/α,β-unsaturated/α-hetero) is 1. The van der Waals surface area contributed by atoms with Gasteiger partial charge in [0.2, 0.25) is 0 Å². The molecule has 5 N–H and O–H groups in total. The van der Waals surface area contributed by atoms with Crippen LogP contribution in [0.25, 0.3) is 0 Å². The highest BCUT2D eigenvalue weighted by molar-refractivity contribution is 5.96. The number of carboxylic acids is 1. The first-order chi connectivity index (χ1) is 36.0. The van der Waals surface area contributed by atoms with E-state index < -0.39 is 119 Å². The lowest BCUT2D eigenvalue weighted by molar-refractivity contribution is -0.346. The molecule has 3 aromatic rings. The van der Waals surface area contributed by atoms with Crippen LogP contribution in [0.1, 0.15) is 158 Å². The Kier molecular flexibility index (Phi) is 19.6. The van der Waals surface area contributed by atoms with Crippen LogP contribution in [0.4, 0.5) is 0 Å². The van der Waals surface area contributed by atoms with Crippen molar-refractivity contribution in [3.8, 4) is 0 Å². The number of carboxylic acid groups (broad SMARTS) is 1. The smallest absolute Gasteiger partial charge is 0.338 e. The van der Waals surface area contributed by atoms with Crippen molar-refractivity contribution in [2.75, 3.05) is 6.61 Å². The first-order valence-corrected chi connectivity index (χ1v) is 26.5. The molecule has 76 heavy (non-hydrogen) atoms. The second-order valence-corrected chi connectivity index (χ2v) is 21.3. The van der Waals surface area contributed by atoms with Gasteiger partial charge in [0.05, 0.1) is 35.6 Å². The molecule has 17 nitrogen and oxygen atoms in total. The van der Waals surface area contributed by atoms with E-state index >= 15 is 4.79 Å². The van der Waals surface area contributed by atoms with Crippen molar-refractivity contribution in [2.24, 2.45) is 16.7 Å². The average molecular weight is 1050 g/mol. The fourth-order valence-corrected chi connectivity index (χ4v) is 11.8. The Hall–Kier alpha value is -6.27. The van der Waals surface area contributed by atoms with Crippen LogP contribution in [0.15, 0.2) is 102 Å². The normalized spacial score (nSPS) is 27.9. The number of hydrogen-bond acceptors (Lipinski definition) is 15. The predicted molar refractivity (Wildman–Crippen MR) is 277 cm³/mol. The molecule has 17 heteroatoms. The quantitative estimate of drug-likeness (QED) is 0.0314. The maximum absolute atomic E-state index is 15.5. The molecule has 1 aliphatic heterocycles. The highest BCUT2D eigenvalue weighted by atomic mass is 16.6. The summed E-state index contributed by atoms with van der Waals surface area (Å²) in [5.41, 5.74) is -7.02. The van der Waals surface area contributed by atoms with Gasteiger partial charge in [-0.05, 0) is 61.2 Å². The van der Waals surface area contributed by atoms with Crippen molar-refractivity contribution in [1.29, 1.82) is 0 Å². The van der Waals surface area contributed by atoms with Crippen LogP contribution in [-0.2, 0) is 47.7 Å². The number of benzene rings is 3. The molecule has 1 heterocycles. The highest BCUT2D eigenvalue weighted by Gasteiger charge is 2.78. The molecular formula is C59H75NO16. The molecule has 2 saturated carbocycles. The molecule has 3 aliphatic carbocycles. The number of rotatable bonds is 20. The average Bonchev–Trinajstić information content (AvgIpc) is 3.53. The number of aliphatic carboxylic acids is 1. The predicted octanol–water partition coefficient (Wildman–Crippen LogP) is 7.73. The van der Waals surface area contributed by atoms with E-state index in [2.05, 4.69) is 12.2 Å². The Balaban J connectivity index is 0.000000586. The van der Waals surface area contributed by atoms with E-state index in [0.29, 0.717) is 12.0 Å². The molecule has 4 aliphatic rings. The van der Waals surface area contributed by atoms with Gasteiger partial charge in [0.1, 0.15) is 23.9 Å². The van der Waals surface area contributed by atoms with Crippen molar-refractivity contribution in [3.05, 3.63) is 119 Å². The number of carbonyl (C=O) groups excluding carboxylic acids is 6. The lowest BCUT2D eigenvalue weighted by Gasteiger charge is -2.67. The SMILES string of the molecule is CC(=O)O[C@H]1C(=O)[C@@]2(C)[C@H]([C@H](OC(=O)c3ccccc3)[C@]3(O)C[C@H](OC(=O)[C@H](O)[C@@H](NC(=O)c4ccccc4)c4ccccc4)C(C)=C1C3(C)C)[C@]1(OC(C)=O)CO[C@@H]1C[C@@H]2O.CCCCCCCCCCCC(=O)O. The number of aliphatic hydroxyl groups excluding tert-OH is 2. The number of unbranched alkanes of at least 4 members (excludes halogenated alkanes) is 8. The monoisotopic (exact) mass is 1050 g/mol. The van der Waals surface area contributed by atoms with Crippen LogP contribution >= 0.6 is 0 Å². The maximum atomic E-state index is 15.5. The van der Waals surface area contributed by atoms with E-state index in [1.807, 2.05) is 0 Å². The Morgan fingerprint density at radius 1 is 0.763 bits per heavy atom. The zero-order valence-corrected chi connectivity index (χ0v) is 44.7. The van der Waals surface area contributed by atoms with E-state index in [9.17, 15) is 44.1 Å². The molecular weight excluding hydrogens is 979 g/mol. The number of carbonyl (C=O) groups is 7. The second-order valence-electron chi connectivity index (χ2n) is 21.3. The number of ether oxygens (including phenoxy) is 5. The van der Waals surface area contributed by atoms with Crippen LogP contribution in [0.2, 0.25) is 0 Å². The molecule has 412 valence electrons. The topological polar surface area (TPSA) is 259 Å². The number of esters is 4. The highest BCUT2D eigenvalue weighted by Crippen LogP contribution is 2.64. The summed E-state index contributed by atoms with van der Waals surface area (Å²) in [6.45, 7) is 10.2. The van der Waals surface area contributed by atoms with E-state index in [1.165, 1.54) is 70.9 Å². The third-order valence-corrected chi connectivity index (χ3v) is 16.0. The molecule has 2 bridgehead atoms. The number of nitrogens with one attached hydrogen (secondary N) is 1. The Morgan fingerprint density at radius 3 is 1.84 bits per heavy atom. The number of fused-ring (bicyclic) bond motifs is 5. The summed E-state index contributed by atoms with van der Waals surface area (Å²) in [4.78, 5) is 93.7. The summed E-state index contributed by atoms with van der Waals surface area (Å²) in [7, 11) is 0. The van der Waals surface area contributed by atoms with Crippen molar-refractivity contribution in [1.82, 2.24) is 5.32 Å². The summed E-state index contributed by atoms with van der Waals surface area (Å²) in [6.07, 6.45) is 0.967. The number of hydrogen-bond donors (Lipinski definition) is 5. The van der Waals surface area contributed by atoms with E-state index in [4.69, 9.17) is 28.8 Å². The second kappa shape index (κ2) is 25.3. The fourth-order valence-electron chi connectivity index (χ4n) is 11.8. The number of amides is 1. The first kappa shape index (κ1) is 59.0. The molecule has 3 fully saturated rings. The minimum absolute atomic E-state index is 0.00289. The van der Waals surface area contributed by atoms with E-state index in [1.54, 1.807) is 92.7 Å². The molecule has 0 radical (unpaired) electrons. The van der Waals surface area contributed by atoms with Crippen LogP contribution in [0.3, 0.4) is 0 Å². The Morgan fingerprint density at radius 2 is 1.32 bits per heavy atom. The molecule has 0 spiro atoms. The summed E-state index contributed by atoms with van der Waals surface area (Å²) >= 11 is 0. The third kappa shape index (κ3) is 12.4. The van der Waals surface area contributed by atoms with Gasteiger partial charge in [-0.1, -0.05) is 139 Å². The van der Waals surface area contributed by atoms with Crippen molar-refractivity contribution < 1.29 is 77.7 Å². The maximum Gasteiger partial charge on any atom is 0.338 e. The van der Waals surface area contributed by atoms with Gasteiger partial charge in [0.15, 0.2) is 23.6 Å². The van der Waals surface area contributed by atoms with Crippen LogP contribution in [0.5, 0.6) is 0 Å². The van der Waals surface area contributed by atoms with E-state index in [-0.39, 0.29) is 35.3 Å². The molecule has 3 aromatic carbocycles. The lowest BCUT2D eigenvalue weighted by atomic mass is 9.44. The summed E-state index contributed by atoms with van der Waals surface area (Å²) in [5.74, 6) is -7.50. The van der Waals surface area contributed by atoms with Crippen LogP contribution < -0.4 is 5.32 Å². The molecule has 11 atom stereocenters. The molecule has 0 aromatic heterocycles. The lowest BCUT2D eigenvalue weighted by Crippen LogP contribution is -2.82. The van der Waals surface area contributed by atoms with Crippen LogP contribution in [0, 0.1) is 16.7 Å². The largest absolute Gasteiger partial charge is 0.481 e. The van der Waals surface area contributed by atoms with E-state index in [0.717, 1.165) is 26.7 Å². The third-order valence-electron chi connectivity index (χ3n) is 16.0. The Bertz CT molecular complexity index is 2570. The summed E-state index contributed by atoms with van der Waals surface area (Å²) in [6, 6.07) is 22.9. The van der Waals surface area contributed by atoms with Gasteiger partial charge in [-0.2, -0.15) is 0 Å². The van der Waals surface area contributed by atoms with Crippen molar-refractivity contribution >= 4 is 41.5 Å². The molecule has 0 unspecified atom stereocenters. The molecule has 1 amide bonds. The van der Waals surface area contributed by atoms with Gasteiger partial charge in [-0.15, -0.1) is 0 Å². The zero-order chi connectivity index (χ0) is 55.6. The minimum Gasteiger partial charge on any atom is -0.481 e. The van der Waals surface area contributed by atoms with Gasteiger partial charge < -0.3 is 49.4 Å². The van der Waals surface area contributed by atoms with Crippen molar-refractivity contribution in [2.45, 2.75) is 179 Å². The number of aliphatic hydroxyl groups is 3. The number of ketones is 1.